The van der Waals surface area contributed by atoms with Crippen LogP contribution in [0.2, 0.25) is 0 Å². The lowest BCUT2D eigenvalue weighted by Gasteiger charge is -2.30. The Morgan fingerprint density at radius 1 is 1.07 bits per heavy atom. The molecule has 0 aliphatic carbocycles. The van der Waals surface area contributed by atoms with Crippen molar-refractivity contribution < 1.29 is 13.2 Å². The van der Waals surface area contributed by atoms with E-state index in [0.717, 1.165) is 35.3 Å². The van der Waals surface area contributed by atoms with E-state index >= 15 is 0 Å². The molecule has 6 nitrogen and oxygen atoms in total. The standard InChI is InChI=1S/C21H25N3O3S/c1-14-4-6-17-18(12-14)23-21(22-17)16-8-10-24(11-9-16)28(25,26)20-13-15(2)5-7-19(20)27-3/h4-7,12-13,16H,8-11H2,1-3H3,(H,22,23). The minimum Gasteiger partial charge on any atom is -0.495 e. The normalized spacial score (nSPS) is 16.5. The first-order chi connectivity index (χ1) is 13.4. The summed E-state index contributed by atoms with van der Waals surface area (Å²) >= 11 is 0. The first kappa shape index (κ1) is 19.0. The van der Waals surface area contributed by atoms with Crippen LogP contribution >= 0.6 is 0 Å². The van der Waals surface area contributed by atoms with Gasteiger partial charge in [0.25, 0.3) is 0 Å². The second kappa shape index (κ2) is 7.22. The average Bonchev–Trinajstić information content (AvgIpc) is 3.11. The first-order valence-corrected chi connectivity index (χ1v) is 10.9. The SMILES string of the molecule is COc1ccc(C)cc1S(=O)(=O)N1CCC(c2nc3ccc(C)cc3[nH]2)CC1. The number of ether oxygens (including phenoxy) is 1. The Balaban J connectivity index is 1.54. The van der Waals surface area contributed by atoms with Crippen LogP contribution in [0, 0.1) is 13.8 Å². The van der Waals surface area contributed by atoms with Gasteiger partial charge in [0.05, 0.1) is 18.1 Å². The summed E-state index contributed by atoms with van der Waals surface area (Å²) in [5, 5.41) is 0. The Morgan fingerprint density at radius 3 is 2.46 bits per heavy atom. The van der Waals surface area contributed by atoms with Crippen molar-refractivity contribution in [2.45, 2.75) is 37.5 Å². The summed E-state index contributed by atoms with van der Waals surface area (Å²) in [6, 6.07) is 11.4. The molecule has 0 bridgehead atoms. The fourth-order valence-electron chi connectivity index (χ4n) is 3.83. The smallest absolute Gasteiger partial charge is 0.246 e. The second-order valence-corrected chi connectivity index (χ2v) is 9.38. The predicted molar refractivity (Wildman–Crippen MR) is 109 cm³/mol. The van der Waals surface area contributed by atoms with Crippen molar-refractivity contribution in [1.82, 2.24) is 14.3 Å². The molecular formula is C21H25N3O3S. The number of imidazole rings is 1. The Kier molecular flexibility index (Phi) is 4.89. The van der Waals surface area contributed by atoms with Gasteiger partial charge in [-0.15, -0.1) is 0 Å². The topological polar surface area (TPSA) is 75.3 Å². The molecule has 7 heteroatoms. The van der Waals surface area contributed by atoms with Gasteiger partial charge in [-0.2, -0.15) is 4.31 Å². The van der Waals surface area contributed by atoms with E-state index in [9.17, 15) is 8.42 Å². The van der Waals surface area contributed by atoms with Crippen molar-refractivity contribution in [3.05, 3.63) is 53.3 Å². The van der Waals surface area contributed by atoms with Crippen molar-refractivity contribution in [1.29, 1.82) is 0 Å². The highest BCUT2D eigenvalue weighted by atomic mass is 32.2. The Hall–Kier alpha value is -2.38. The molecule has 3 aromatic rings. The van der Waals surface area contributed by atoms with Gasteiger partial charge in [0.15, 0.2) is 0 Å². The number of fused-ring (bicyclic) bond motifs is 1. The van der Waals surface area contributed by atoms with Gasteiger partial charge < -0.3 is 9.72 Å². The number of nitrogens with one attached hydrogen (secondary N) is 1. The molecule has 4 rings (SSSR count). The van der Waals surface area contributed by atoms with Crippen molar-refractivity contribution in [3.8, 4) is 5.75 Å². The molecule has 1 aliphatic heterocycles. The lowest BCUT2D eigenvalue weighted by Crippen LogP contribution is -2.38. The molecule has 148 valence electrons. The lowest BCUT2D eigenvalue weighted by atomic mass is 9.97. The molecule has 0 unspecified atom stereocenters. The molecule has 0 radical (unpaired) electrons. The van der Waals surface area contributed by atoms with Crippen LogP contribution in [-0.2, 0) is 10.0 Å². The molecule has 0 saturated carbocycles. The maximum atomic E-state index is 13.2. The Morgan fingerprint density at radius 2 is 1.75 bits per heavy atom. The Labute approximate surface area is 165 Å². The highest BCUT2D eigenvalue weighted by Gasteiger charge is 2.32. The number of aromatic nitrogens is 2. The van der Waals surface area contributed by atoms with Crippen LogP contribution in [0.25, 0.3) is 11.0 Å². The van der Waals surface area contributed by atoms with Gasteiger partial charge in [-0.05, 0) is 62.1 Å². The minimum absolute atomic E-state index is 0.235. The number of nitrogens with zero attached hydrogens (tertiary/aromatic N) is 2. The van der Waals surface area contributed by atoms with E-state index in [2.05, 4.69) is 24.0 Å². The van der Waals surface area contributed by atoms with E-state index in [4.69, 9.17) is 9.72 Å². The fourth-order valence-corrected chi connectivity index (χ4v) is 5.54. The molecule has 1 saturated heterocycles. The molecule has 1 aromatic heterocycles. The van der Waals surface area contributed by atoms with Gasteiger partial charge in [-0.3, -0.25) is 0 Å². The van der Waals surface area contributed by atoms with Crippen molar-refractivity contribution >= 4 is 21.1 Å². The summed E-state index contributed by atoms with van der Waals surface area (Å²) in [5.41, 5.74) is 4.08. The highest BCUT2D eigenvalue weighted by Crippen LogP contribution is 2.33. The van der Waals surface area contributed by atoms with Crippen LogP contribution in [-0.4, -0.2) is 42.9 Å². The van der Waals surface area contributed by atoms with Gasteiger partial charge in [-0.25, -0.2) is 13.4 Å². The van der Waals surface area contributed by atoms with Gasteiger partial charge in [0.2, 0.25) is 10.0 Å². The number of aryl methyl sites for hydroxylation is 2. The average molecular weight is 400 g/mol. The Bertz CT molecular complexity index is 1110. The van der Waals surface area contributed by atoms with E-state index < -0.39 is 10.0 Å². The zero-order chi connectivity index (χ0) is 19.9. The van der Waals surface area contributed by atoms with Gasteiger partial charge in [0, 0.05) is 19.0 Å². The highest BCUT2D eigenvalue weighted by molar-refractivity contribution is 7.89. The zero-order valence-electron chi connectivity index (χ0n) is 16.4. The summed E-state index contributed by atoms with van der Waals surface area (Å²) in [6.45, 7) is 4.89. The van der Waals surface area contributed by atoms with E-state index in [0.29, 0.717) is 18.8 Å². The predicted octanol–water partition coefficient (Wildman–Crippen LogP) is 3.76. The summed E-state index contributed by atoms with van der Waals surface area (Å²) in [4.78, 5) is 8.38. The van der Waals surface area contributed by atoms with E-state index in [1.165, 1.54) is 12.7 Å². The molecule has 2 heterocycles. The molecule has 0 spiro atoms. The second-order valence-electron chi connectivity index (χ2n) is 7.48. The summed E-state index contributed by atoms with van der Waals surface area (Å²) < 4.78 is 33.2. The largest absolute Gasteiger partial charge is 0.495 e. The molecule has 0 amide bonds. The number of hydrogen-bond donors (Lipinski definition) is 1. The van der Waals surface area contributed by atoms with Crippen LogP contribution in [0.4, 0.5) is 0 Å². The number of piperidine rings is 1. The lowest BCUT2D eigenvalue weighted by molar-refractivity contribution is 0.312. The molecule has 2 aromatic carbocycles. The number of benzene rings is 2. The quantitative estimate of drug-likeness (QED) is 0.725. The van der Waals surface area contributed by atoms with E-state index in [-0.39, 0.29) is 10.8 Å². The van der Waals surface area contributed by atoms with Crippen LogP contribution in [0.15, 0.2) is 41.3 Å². The number of H-pyrrole nitrogens is 1. The van der Waals surface area contributed by atoms with Crippen LogP contribution in [0.3, 0.4) is 0 Å². The zero-order valence-corrected chi connectivity index (χ0v) is 17.2. The maximum Gasteiger partial charge on any atom is 0.246 e. The summed E-state index contributed by atoms with van der Waals surface area (Å²) in [7, 11) is -2.09. The molecule has 1 aliphatic rings. The van der Waals surface area contributed by atoms with Gasteiger partial charge >= 0.3 is 0 Å². The number of rotatable bonds is 4. The van der Waals surface area contributed by atoms with Crippen LogP contribution < -0.4 is 4.74 Å². The van der Waals surface area contributed by atoms with Crippen molar-refractivity contribution in [2.75, 3.05) is 20.2 Å². The number of sulfonamides is 1. The molecular weight excluding hydrogens is 374 g/mol. The van der Waals surface area contributed by atoms with Crippen LogP contribution in [0.5, 0.6) is 5.75 Å². The monoisotopic (exact) mass is 399 g/mol. The molecule has 0 atom stereocenters. The van der Waals surface area contributed by atoms with Crippen molar-refractivity contribution in [3.63, 3.8) is 0 Å². The summed E-state index contributed by atoms with van der Waals surface area (Å²) in [5.74, 6) is 1.57. The minimum atomic E-state index is -3.59. The first-order valence-electron chi connectivity index (χ1n) is 9.49. The third-order valence-electron chi connectivity index (χ3n) is 5.43. The maximum absolute atomic E-state index is 13.2. The number of methoxy groups -OCH3 is 1. The molecule has 1 fully saturated rings. The number of hydrogen-bond acceptors (Lipinski definition) is 4. The third kappa shape index (κ3) is 3.40. The van der Waals surface area contributed by atoms with E-state index in [1.54, 1.807) is 16.4 Å². The van der Waals surface area contributed by atoms with Gasteiger partial charge in [-0.1, -0.05) is 12.1 Å². The number of aromatic amines is 1. The van der Waals surface area contributed by atoms with E-state index in [1.807, 2.05) is 19.1 Å². The fraction of sp³-hybridized carbons (Fsp3) is 0.381. The molecule has 1 N–H and O–H groups in total. The summed E-state index contributed by atoms with van der Waals surface area (Å²) in [6.07, 6.45) is 1.48. The molecule has 28 heavy (non-hydrogen) atoms. The van der Waals surface area contributed by atoms with Crippen molar-refractivity contribution in [2.24, 2.45) is 0 Å². The van der Waals surface area contributed by atoms with Gasteiger partial charge in [0.1, 0.15) is 16.5 Å². The van der Waals surface area contributed by atoms with Crippen LogP contribution in [0.1, 0.15) is 35.7 Å². The third-order valence-corrected chi connectivity index (χ3v) is 7.35.